The zero-order valence-corrected chi connectivity index (χ0v) is 13.3. The maximum Gasteiger partial charge on any atom is 0.144 e. The first-order chi connectivity index (χ1) is 9.19. The summed E-state index contributed by atoms with van der Waals surface area (Å²) in [6.07, 6.45) is 0. The Kier molecular flexibility index (Phi) is 4.00. The number of H-pyrrole nitrogens is 1. The lowest BCUT2D eigenvalue weighted by atomic mass is 10.1. The van der Waals surface area contributed by atoms with Crippen LogP contribution in [-0.4, -0.2) is 59.6 Å². The van der Waals surface area contributed by atoms with Gasteiger partial charge in [-0.1, -0.05) is 12.2 Å². The maximum atomic E-state index is 5.33. The van der Waals surface area contributed by atoms with E-state index < -0.39 is 0 Å². The molecule has 19 heavy (non-hydrogen) atoms. The van der Waals surface area contributed by atoms with Crippen LogP contribution in [0.3, 0.4) is 0 Å². The number of hydrogen-bond donors (Lipinski definition) is 1. The highest BCUT2D eigenvalue weighted by Gasteiger charge is 2.34. The second-order valence-corrected chi connectivity index (χ2v) is 6.18. The Bertz CT molecular complexity index is 527. The van der Waals surface area contributed by atoms with Crippen LogP contribution in [0.2, 0.25) is 0 Å². The Morgan fingerprint density at radius 2 is 2.16 bits per heavy atom. The quantitative estimate of drug-likeness (QED) is 0.846. The van der Waals surface area contributed by atoms with Crippen LogP contribution >= 0.6 is 28.1 Å². The highest BCUT2D eigenvalue weighted by Crippen LogP contribution is 2.28. The van der Waals surface area contributed by atoms with Crippen LogP contribution in [0.1, 0.15) is 17.6 Å². The first-order valence-corrected chi connectivity index (χ1v) is 7.63. The minimum atomic E-state index is 0.327. The van der Waals surface area contributed by atoms with Crippen molar-refractivity contribution in [3.05, 3.63) is 20.6 Å². The van der Waals surface area contributed by atoms with Crippen LogP contribution < -0.4 is 0 Å². The SMILES string of the molecule is COCc1[nH]c(C2CN3CCN2CC3)nc(=S)c1Br. The van der Waals surface area contributed by atoms with Crippen molar-refractivity contribution in [1.82, 2.24) is 19.8 Å². The molecule has 4 rings (SSSR count). The molecule has 3 saturated heterocycles. The third-order valence-corrected chi connectivity index (χ3v) is 5.25. The van der Waals surface area contributed by atoms with E-state index in [2.05, 4.69) is 35.7 Å². The molecule has 1 N–H and O–H groups in total. The molecule has 3 fully saturated rings. The van der Waals surface area contributed by atoms with Gasteiger partial charge in [-0.15, -0.1) is 0 Å². The van der Waals surface area contributed by atoms with Crippen LogP contribution in [0.15, 0.2) is 4.47 Å². The van der Waals surface area contributed by atoms with Gasteiger partial charge in [0.25, 0.3) is 0 Å². The lowest BCUT2D eigenvalue weighted by Gasteiger charge is -2.46. The highest BCUT2D eigenvalue weighted by molar-refractivity contribution is 9.10. The van der Waals surface area contributed by atoms with Crippen molar-refractivity contribution in [2.24, 2.45) is 0 Å². The number of hydrogen-bond acceptors (Lipinski definition) is 5. The summed E-state index contributed by atoms with van der Waals surface area (Å²) in [5.74, 6) is 0.963. The van der Waals surface area contributed by atoms with Crippen molar-refractivity contribution in [3.8, 4) is 0 Å². The van der Waals surface area contributed by atoms with E-state index in [1.54, 1.807) is 7.11 Å². The van der Waals surface area contributed by atoms with E-state index in [4.69, 9.17) is 17.0 Å². The first kappa shape index (κ1) is 13.6. The topological polar surface area (TPSA) is 44.4 Å². The van der Waals surface area contributed by atoms with Crippen molar-refractivity contribution < 1.29 is 4.74 Å². The smallest absolute Gasteiger partial charge is 0.144 e. The molecule has 1 atom stereocenters. The molecule has 0 aliphatic carbocycles. The van der Waals surface area contributed by atoms with Crippen molar-refractivity contribution in [3.63, 3.8) is 0 Å². The van der Waals surface area contributed by atoms with Crippen LogP contribution in [0.4, 0.5) is 0 Å². The Labute approximate surface area is 126 Å². The summed E-state index contributed by atoms with van der Waals surface area (Å²) in [5, 5.41) is 0. The Hall–Kier alpha value is -0.340. The van der Waals surface area contributed by atoms with E-state index in [-0.39, 0.29) is 0 Å². The first-order valence-electron chi connectivity index (χ1n) is 6.43. The lowest BCUT2D eigenvalue weighted by molar-refractivity contribution is 0.00834. The van der Waals surface area contributed by atoms with E-state index in [1.165, 1.54) is 13.1 Å². The molecular formula is C12H17BrN4OS. The third-order valence-electron chi connectivity index (χ3n) is 3.84. The molecule has 0 aromatic carbocycles. The van der Waals surface area contributed by atoms with Gasteiger partial charge in [-0.2, -0.15) is 0 Å². The number of halogens is 1. The monoisotopic (exact) mass is 344 g/mol. The Morgan fingerprint density at radius 3 is 2.74 bits per heavy atom. The molecule has 5 nitrogen and oxygen atoms in total. The molecule has 1 aromatic heterocycles. The summed E-state index contributed by atoms with van der Waals surface area (Å²) in [6.45, 7) is 6.10. The summed E-state index contributed by atoms with van der Waals surface area (Å²) in [7, 11) is 1.68. The molecule has 1 unspecified atom stereocenters. The second-order valence-electron chi connectivity index (χ2n) is 5.01. The standard InChI is InChI=1S/C12H17BrN4OS/c1-18-7-8-10(13)12(19)15-11(14-8)9-6-16-2-4-17(9)5-3-16/h9H,2-7H2,1H3,(H,14,15,19). The number of fused-ring (bicyclic) bond motifs is 3. The predicted octanol–water partition coefficient (Wildman–Crippen LogP) is 1.72. The van der Waals surface area contributed by atoms with Gasteiger partial charge in [0.2, 0.25) is 0 Å². The maximum absolute atomic E-state index is 5.33. The number of ether oxygens (including phenoxy) is 1. The second kappa shape index (κ2) is 5.57. The fourth-order valence-electron chi connectivity index (χ4n) is 2.80. The summed E-state index contributed by atoms with van der Waals surface area (Å²) >= 11 is 8.81. The van der Waals surface area contributed by atoms with Gasteiger partial charge < -0.3 is 9.72 Å². The predicted molar refractivity (Wildman–Crippen MR) is 78.6 cm³/mol. The molecule has 0 amide bonds. The molecule has 2 bridgehead atoms. The van der Waals surface area contributed by atoms with Crippen LogP contribution in [0.25, 0.3) is 0 Å². The lowest BCUT2D eigenvalue weighted by Crippen LogP contribution is -2.57. The van der Waals surface area contributed by atoms with Gasteiger partial charge in [-0.05, 0) is 15.9 Å². The number of rotatable bonds is 3. The van der Waals surface area contributed by atoms with Gasteiger partial charge in [0.1, 0.15) is 10.5 Å². The molecule has 104 valence electrons. The molecule has 0 saturated carbocycles. The van der Waals surface area contributed by atoms with Gasteiger partial charge in [-0.25, -0.2) is 4.98 Å². The van der Waals surface area contributed by atoms with E-state index in [1.807, 2.05) is 0 Å². The molecule has 3 aliphatic heterocycles. The van der Waals surface area contributed by atoms with Crippen molar-refractivity contribution in [2.45, 2.75) is 12.6 Å². The van der Waals surface area contributed by atoms with Gasteiger partial charge in [0.15, 0.2) is 0 Å². The average Bonchev–Trinajstić information content (AvgIpc) is 2.45. The number of aromatic amines is 1. The summed E-state index contributed by atoms with van der Waals surface area (Å²) in [5.41, 5.74) is 0.968. The van der Waals surface area contributed by atoms with Gasteiger partial charge in [0, 0.05) is 39.8 Å². The molecular weight excluding hydrogens is 328 g/mol. The van der Waals surface area contributed by atoms with Crippen LogP contribution in [0, 0.1) is 4.64 Å². The largest absolute Gasteiger partial charge is 0.378 e. The van der Waals surface area contributed by atoms with Crippen molar-refractivity contribution in [2.75, 3.05) is 39.8 Å². The number of piperazine rings is 3. The molecule has 3 aliphatic rings. The van der Waals surface area contributed by atoms with E-state index in [9.17, 15) is 0 Å². The third kappa shape index (κ3) is 2.62. The highest BCUT2D eigenvalue weighted by atomic mass is 79.9. The minimum absolute atomic E-state index is 0.327. The Balaban J connectivity index is 1.94. The van der Waals surface area contributed by atoms with Crippen LogP contribution in [-0.2, 0) is 11.3 Å². The zero-order chi connectivity index (χ0) is 13.4. The minimum Gasteiger partial charge on any atom is -0.378 e. The van der Waals surface area contributed by atoms with E-state index in [0.29, 0.717) is 17.3 Å². The van der Waals surface area contributed by atoms with Crippen LogP contribution in [0.5, 0.6) is 0 Å². The molecule has 1 aromatic rings. The fourth-order valence-corrected chi connectivity index (χ4v) is 3.33. The van der Waals surface area contributed by atoms with Crippen molar-refractivity contribution in [1.29, 1.82) is 0 Å². The van der Waals surface area contributed by atoms with E-state index >= 15 is 0 Å². The number of methoxy groups -OCH3 is 1. The number of aromatic nitrogens is 2. The van der Waals surface area contributed by atoms with E-state index in [0.717, 1.165) is 35.6 Å². The van der Waals surface area contributed by atoms with Gasteiger partial charge in [0.05, 0.1) is 22.8 Å². The number of nitrogens with one attached hydrogen (secondary N) is 1. The molecule has 7 heteroatoms. The Morgan fingerprint density at radius 1 is 1.42 bits per heavy atom. The molecule has 0 spiro atoms. The van der Waals surface area contributed by atoms with Gasteiger partial charge in [-0.3, -0.25) is 9.80 Å². The molecule has 4 heterocycles. The summed E-state index contributed by atoms with van der Waals surface area (Å²) in [4.78, 5) is 12.9. The molecule has 0 radical (unpaired) electrons. The fraction of sp³-hybridized carbons (Fsp3) is 0.667. The normalized spacial score (nSPS) is 29.7. The average molecular weight is 345 g/mol. The summed E-state index contributed by atoms with van der Waals surface area (Å²) in [6, 6.07) is 0.327. The van der Waals surface area contributed by atoms with Crippen molar-refractivity contribution >= 4 is 28.1 Å². The zero-order valence-electron chi connectivity index (χ0n) is 10.9. The van der Waals surface area contributed by atoms with Gasteiger partial charge >= 0.3 is 0 Å². The summed E-state index contributed by atoms with van der Waals surface area (Å²) < 4.78 is 6.66. The number of nitrogens with zero attached hydrogens (tertiary/aromatic N) is 3.